The van der Waals surface area contributed by atoms with Crippen LogP contribution in [0.3, 0.4) is 0 Å². The molecule has 0 nitrogen and oxygen atoms in total. The molecule has 0 rings (SSSR count). The second kappa shape index (κ2) is 39.1. The van der Waals surface area contributed by atoms with Gasteiger partial charge in [0.2, 0.25) is 0 Å². The van der Waals surface area contributed by atoms with E-state index in [0.29, 0.717) is 0 Å². The van der Waals surface area contributed by atoms with Gasteiger partial charge in [-0.25, -0.2) is 0 Å². The molecule has 0 fully saturated rings. The fourth-order valence-electron chi connectivity index (χ4n) is 0. The van der Waals surface area contributed by atoms with E-state index in [9.17, 15) is 0 Å². The standard InChI is InChI=1S/2Ga.Hg.In.K.Na.Sn.13H. The van der Waals surface area contributed by atoms with Crippen LogP contribution in [-0.2, 0) is 27.7 Å². The summed E-state index contributed by atoms with van der Waals surface area (Å²) < 4.78 is 0. The first kappa shape index (κ1) is 49.9. The van der Waals surface area contributed by atoms with Crippen molar-refractivity contribution in [3.05, 3.63) is 0 Å². The molecule has 7 heavy (non-hydrogen) atoms. The molecule has 0 N–H and O–H groups in total. The molecule has 0 aliphatic carbocycles. The van der Waals surface area contributed by atoms with Gasteiger partial charge < -0.3 is 0 Å². The molecular formula is H13Ga2HgInKNaSn. The number of hydrogen-bond donors (Lipinski definition) is 0. The Kier molecular flexibility index (Phi) is 279. The molecule has 0 bridgehead atoms. The van der Waals surface area contributed by atoms with Crippen molar-refractivity contribution in [1.29, 1.82) is 0 Å². The van der Waals surface area contributed by atoms with E-state index in [0.717, 1.165) is 0 Å². The summed E-state index contributed by atoms with van der Waals surface area (Å²) in [5, 5.41) is 0. The molecule has 0 amide bonds. The van der Waals surface area contributed by atoms with Crippen LogP contribution in [-0.4, -0.2) is 170 Å². The third kappa shape index (κ3) is 32.6. The third-order valence-electron chi connectivity index (χ3n) is 0. The molecule has 0 aromatic rings. The zero-order chi connectivity index (χ0) is 0. The Bertz CT molecular complexity index is 17.7. The van der Waals surface area contributed by atoms with Crippen LogP contribution in [0.4, 0.5) is 0 Å². The predicted octanol–water partition coefficient (Wildman–Crippen LogP) is -5.77. The van der Waals surface area contributed by atoms with E-state index in [1.165, 1.54) is 0 Å². The molecule has 0 aromatic carbocycles. The Hall–Kier alpha value is 6.51. The van der Waals surface area contributed by atoms with Crippen LogP contribution in [0.15, 0.2) is 0 Å². The summed E-state index contributed by atoms with van der Waals surface area (Å²) in [6.45, 7) is 0. The van der Waals surface area contributed by atoms with Gasteiger partial charge in [-0.15, -0.1) is 0 Å². The number of rotatable bonds is 0. The van der Waals surface area contributed by atoms with Crippen molar-refractivity contribution in [3.8, 4) is 0 Å². The van der Waals surface area contributed by atoms with Gasteiger partial charge in [0.05, 0.1) is 0 Å². The summed E-state index contributed by atoms with van der Waals surface area (Å²) in [6, 6.07) is 0. The van der Waals surface area contributed by atoms with E-state index in [1.807, 2.05) is 0 Å². The normalized spacial score (nSPS) is 0. The molecule has 2 radical (unpaired) electrons. The maximum absolute atomic E-state index is 0. The molecule has 0 saturated heterocycles. The van der Waals surface area contributed by atoms with Gasteiger partial charge in [-0.3, -0.25) is 0 Å². The van der Waals surface area contributed by atoms with E-state index in [1.54, 1.807) is 0 Å². The summed E-state index contributed by atoms with van der Waals surface area (Å²) in [5.41, 5.74) is 0. The Morgan fingerprint density at radius 3 is 0.857 bits per heavy atom. The Balaban J connectivity index is 0. The molecule has 0 spiro atoms. The van der Waals surface area contributed by atoms with Crippen LogP contribution in [0.25, 0.3) is 0 Å². The van der Waals surface area contributed by atoms with Gasteiger partial charge in [0, 0.05) is 27.7 Å². The Morgan fingerprint density at radius 2 is 0.857 bits per heavy atom. The Labute approximate surface area is 192 Å². The number of hydrogen-bond acceptors (Lipinski definition) is 0. The van der Waals surface area contributed by atoms with Crippen LogP contribution >= 0.6 is 0 Å². The first-order valence-corrected chi connectivity index (χ1v) is 0. The molecule has 0 unspecified atom stereocenters. The predicted molar refractivity (Wildman–Crippen MR) is 52.7 cm³/mol. The van der Waals surface area contributed by atoms with Crippen molar-refractivity contribution in [2.24, 2.45) is 0 Å². The third-order valence-corrected chi connectivity index (χ3v) is 0. The van der Waals surface area contributed by atoms with Gasteiger partial charge in [0.1, 0.15) is 0 Å². The molecule has 0 heterocycles. The average molecular weight is 649 g/mol. The average Bonchev–Trinajstić information content (AvgIpc) is 0. The van der Waals surface area contributed by atoms with Crippen molar-refractivity contribution in [2.75, 3.05) is 0 Å². The first-order valence-electron chi connectivity index (χ1n) is 0. The summed E-state index contributed by atoms with van der Waals surface area (Å²) >= 11 is 0. The second-order valence-electron chi connectivity index (χ2n) is 0. The van der Waals surface area contributed by atoms with Crippen LogP contribution in [0.2, 0.25) is 0 Å². The SMILES string of the molecule is [GaH3].[GaH3].[Hg].[InH3].[KH].[NaH].[SnH2]. The maximum atomic E-state index is 0. The van der Waals surface area contributed by atoms with E-state index in [-0.39, 0.29) is 198 Å². The Morgan fingerprint density at radius 1 is 0.857 bits per heavy atom. The fraction of sp³-hybridized carbons (Fsp3) is 0. The molecule has 7 heteroatoms. The van der Waals surface area contributed by atoms with E-state index in [2.05, 4.69) is 0 Å². The zero-order valence-electron chi connectivity index (χ0n) is 1.41. The quantitative estimate of drug-likeness (QED) is 0.230. The molecule has 0 aliphatic rings. The van der Waals surface area contributed by atoms with Gasteiger partial charge in [-0.2, -0.15) is 0 Å². The molecule has 30 valence electrons. The van der Waals surface area contributed by atoms with E-state index >= 15 is 0 Å². The van der Waals surface area contributed by atoms with Gasteiger partial charge in [-0.1, -0.05) is 0 Å². The van der Waals surface area contributed by atoms with Crippen LogP contribution in [0, 0.1) is 0 Å². The molecular weight excluding hydrogens is 636 g/mol. The van der Waals surface area contributed by atoms with E-state index in [4.69, 9.17) is 0 Å². The molecule has 0 aliphatic heterocycles. The fourth-order valence-corrected chi connectivity index (χ4v) is 0. The van der Waals surface area contributed by atoms with Gasteiger partial charge in [0.15, 0.2) is 0 Å². The zero-order valence-corrected chi connectivity index (χ0v) is 10.9. The van der Waals surface area contributed by atoms with Crippen LogP contribution in [0.1, 0.15) is 0 Å². The summed E-state index contributed by atoms with van der Waals surface area (Å²) in [5.74, 6) is 0. The van der Waals surface area contributed by atoms with Crippen molar-refractivity contribution < 1.29 is 27.7 Å². The van der Waals surface area contributed by atoms with Crippen molar-refractivity contribution >= 4 is 170 Å². The van der Waals surface area contributed by atoms with E-state index < -0.39 is 0 Å². The van der Waals surface area contributed by atoms with Crippen molar-refractivity contribution in [1.82, 2.24) is 0 Å². The van der Waals surface area contributed by atoms with Crippen molar-refractivity contribution in [3.63, 3.8) is 0 Å². The summed E-state index contributed by atoms with van der Waals surface area (Å²) in [4.78, 5) is 0. The van der Waals surface area contributed by atoms with Crippen LogP contribution in [0.5, 0.6) is 0 Å². The first-order chi connectivity index (χ1) is 0. The second-order valence-corrected chi connectivity index (χ2v) is 0. The molecule has 0 atom stereocenters. The minimum absolute atomic E-state index is 0. The van der Waals surface area contributed by atoms with Gasteiger partial charge >= 0.3 is 170 Å². The van der Waals surface area contributed by atoms with Crippen LogP contribution < -0.4 is 0 Å². The molecule has 0 saturated carbocycles. The van der Waals surface area contributed by atoms with Gasteiger partial charge in [0.25, 0.3) is 0 Å². The minimum atomic E-state index is 0. The van der Waals surface area contributed by atoms with Crippen molar-refractivity contribution in [2.45, 2.75) is 0 Å². The monoisotopic (exact) mass is 650 g/mol. The topological polar surface area (TPSA) is 0 Å². The van der Waals surface area contributed by atoms with Gasteiger partial charge in [-0.05, 0) is 0 Å². The summed E-state index contributed by atoms with van der Waals surface area (Å²) in [6.07, 6.45) is 0. The molecule has 0 aromatic heterocycles. The summed E-state index contributed by atoms with van der Waals surface area (Å²) in [7, 11) is 0.